The average molecular weight is 858 g/mol. The fourth-order valence-corrected chi connectivity index (χ4v) is 8.52. The zero-order valence-corrected chi connectivity index (χ0v) is 36.3. The highest BCUT2D eigenvalue weighted by molar-refractivity contribution is 5.92. The second kappa shape index (κ2) is 18.4. The summed E-state index contributed by atoms with van der Waals surface area (Å²) in [5.41, 5.74) is 12.8. The number of likely N-dealkylation sites (tertiary alicyclic amines) is 1. The normalized spacial score (nSPS) is 13.0. The fourth-order valence-electron chi connectivity index (χ4n) is 8.52. The van der Waals surface area contributed by atoms with Crippen molar-refractivity contribution in [2.75, 3.05) is 23.7 Å². The lowest BCUT2D eigenvalue weighted by atomic mass is 9.88. The molecule has 1 aliphatic heterocycles. The number of anilines is 2. The maximum Gasteiger partial charge on any atom is 0.222 e. The number of fused-ring (bicyclic) bond motifs is 2. The third-order valence-electron chi connectivity index (χ3n) is 12.1. The predicted molar refractivity (Wildman–Crippen MR) is 252 cm³/mol. The molecule has 0 atom stereocenters. The summed E-state index contributed by atoms with van der Waals surface area (Å²) in [6, 6.07) is 28.9. The average Bonchev–Trinajstić information content (AvgIpc) is 3.80. The second-order valence-electron chi connectivity index (χ2n) is 16.5. The van der Waals surface area contributed by atoms with Gasteiger partial charge in [0.2, 0.25) is 5.91 Å². The van der Waals surface area contributed by atoms with E-state index in [1.54, 1.807) is 23.5 Å². The van der Waals surface area contributed by atoms with Gasteiger partial charge in [-0.05, 0) is 115 Å². The Bertz CT molecular complexity index is 3130. The van der Waals surface area contributed by atoms with Crippen LogP contribution in [0.5, 0.6) is 0 Å². The number of carbonyl (C=O) groups excluding carboxylic acids is 1. The molecule has 14 heteroatoms. The highest BCUT2D eigenvalue weighted by atomic mass is 16.2. The van der Waals surface area contributed by atoms with Crippen LogP contribution in [-0.4, -0.2) is 73.5 Å². The van der Waals surface area contributed by atoms with Gasteiger partial charge in [-0.2, -0.15) is 5.10 Å². The third kappa shape index (κ3) is 9.37. The van der Waals surface area contributed by atoms with Crippen molar-refractivity contribution in [1.82, 2.24) is 54.6 Å². The molecule has 0 spiro atoms. The molecule has 0 unspecified atom stereocenters. The van der Waals surface area contributed by atoms with Crippen LogP contribution in [0.2, 0.25) is 0 Å². The lowest BCUT2D eigenvalue weighted by Crippen LogP contribution is -2.38. The molecule has 7 aromatic heterocycles. The maximum absolute atomic E-state index is 13.4. The molecule has 10 rings (SSSR count). The Labute approximate surface area is 376 Å². The predicted octanol–water partition coefficient (Wildman–Crippen LogP) is 8.76. The number of rotatable bonds is 13. The van der Waals surface area contributed by atoms with E-state index in [0.29, 0.717) is 31.8 Å². The van der Waals surface area contributed by atoms with Gasteiger partial charge in [0.05, 0.1) is 28.6 Å². The van der Waals surface area contributed by atoms with Crippen LogP contribution in [0.15, 0.2) is 135 Å². The molecule has 2 N–H and O–H groups in total. The quantitative estimate of drug-likeness (QED) is 0.113. The number of hydrogen-bond acceptors (Lipinski definition) is 12. The van der Waals surface area contributed by atoms with Crippen molar-refractivity contribution < 1.29 is 4.79 Å². The van der Waals surface area contributed by atoms with Crippen LogP contribution < -0.4 is 10.6 Å². The molecule has 2 aromatic carbocycles. The van der Waals surface area contributed by atoms with Crippen molar-refractivity contribution in [2.45, 2.75) is 51.6 Å². The van der Waals surface area contributed by atoms with Crippen molar-refractivity contribution >= 4 is 39.3 Å². The van der Waals surface area contributed by atoms with Crippen molar-refractivity contribution in [1.29, 1.82) is 0 Å². The van der Waals surface area contributed by atoms with E-state index in [2.05, 4.69) is 93.1 Å². The Morgan fingerprint density at radius 1 is 0.631 bits per heavy atom. The van der Waals surface area contributed by atoms with E-state index >= 15 is 0 Å². The van der Waals surface area contributed by atoms with Crippen molar-refractivity contribution in [3.05, 3.63) is 163 Å². The molecule has 0 aliphatic carbocycles. The number of aromatic nitrogens is 10. The van der Waals surface area contributed by atoms with Crippen LogP contribution in [0.1, 0.15) is 53.3 Å². The minimum atomic E-state index is 0.162. The fraction of sp³-hybridized carbons (Fsp3) is 0.216. The monoisotopic (exact) mass is 857 g/mol. The highest BCUT2D eigenvalue weighted by Gasteiger charge is 2.24. The van der Waals surface area contributed by atoms with E-state index in [1.165, 1.54) is 5.56 Å². The summed E-state index contributed by atoms with van der Waals surface area (Å²) in [7, 11) is 1.91. The molecule has 8 heterocycles. The smallest absolute Gasteiger partial charge is 0.222 e. The van der Waals surface area contributed by atoms with E-state index in [9.17, 15) is 4.79 Å². The Morgan fingerprint density at radius 3 is 1.91 bits per heavy atom. The summed E-state index contributed by atoms with van der Waals surface area (Å²) in [4.78, 5) is 51.9. The van der Waals surface area contributed by atoms with Crippen LogP contribution in [0.25, 0.3) is 55.4 Å². The number of nitrogens with one attached hydrogen (secondary N) is 2. The largest absolute Gasteiger partial charge is 0.365 e. The van der Waals surface area contributed by atoms with Crippen LogP contribution in [0.3, 0.4) is 0 Å². The molecular formula is C51H47N13O. The summed E-state index contributed by atoms with van der Waals surface area (Å²) < 4.78 is 1.79. The third-order valence-corrected chi connectivity index (χ3v) is 12.1. The number of nitrogens with zero attached hydrogens (tertiary/aromatic N) is 11. The number of hydrogen-bond donors (Lipinski definition) is 2. The first kappa shape index (κ1) is 41.0. The van der Waals surface area contributed by atoms with Gasteiger partial charge in [0.1, 0.15) is 24.3 Å². The molecule has 322 valence electrons. The molecule has 0 saturated carbocycles. The van der Waals surface area contributed by atoms with Gasteiger partial charge in [0.25, 0.3) is 0 Å². The Kier molecular flexibility index (Phi) is 11.6. The lowest BCUT2D eigenvalue weighted by Gasteiger charge is -2.32. The van der Waals surface area contributed by atoms with E-state index in [4.69, 9.17) is 4.98 Å². The molecule has 1 aliphatic rings. The van der Waals surface area contributed by atoms with Crippen LogP contribution in [0, 0.1) is 6.92 Å². The zero-order chi connectivity index (χ0) is 44.1. The van der Waals surface area contributed by atoms with Crippen molar-refractivity contribution in [3.8, 4) is 33.6 Å². The van der Waals surface area contributed by atoms with Gasteiger partial charge in [0.15, 0.2) is 0 Å². The van der Waals surface area contributed by atoms with Crippen LogP contribution >= 0.6 is 0 Å². The van der Waals surface area contributed by atoms with E-state index < -0.39 is 0 Å². The van der Waals surface area contributed by atoms with Gasteiger partial charge in [-0.15, -0.1) is 0 Å². The number of aryl methyl sites for hydroxylation is 3. The summed E-state index contributed by atoms with van der Waals surface area (Å²) in [5, 5.41) is 13.2. The first-order chi connectivity index (χ1) is 31.9. The van der Waals surface area contributed by atoms with Gasteiger partial charge < -0.3 is 15.5 Å². The standard InChI is InChI=1S/C51H47N13O/c1-33-21-39(13-17-52-33)45-10-3-34(25-54-45)27-56-50-43-8-5-37(23-47(43)58-31-60-50)36-15-19-64(20-16-36)49(65)12-7-42-22-40(14-18-53-42)46-11-4-35(26-55-46)28-57-51-44-9-6-38(24-48(44)59-32-61-51)41-29-62-63(2)30-41/h3-6,8-11,13-14,17-18,21-26,29-32,36H,7,12,15-16,19-20,27-28H2,1-2H3,(H,56,58,60)(H,57,59,61). The Hall–Kier alpha value is -8.00. The molecule has 0 radical (unpaired) electrons. The van der Waals surface area contributed by atoms with Gasteiger partial charge in [-0.3, -0.25) is 29.4 Å². The molecule has 1 saturated heterocycles. The molecule has 1 amide bonds. The van der Waals surface area contributed by atoms with Gasteiger partial charge in [-0.25, -0.2) is 19.9 Å². The first-order valence-electron chi connectivity index (χ1n) is 21.9. The number of pyridine rings is 4. The summed E-state index contributed by atoms with van der Waals surface area (Å²) in [6.07, 6.45) is 17.2. The second-order valence-corrected chi connectivity index (χ2v) is 16.5. The lowest BCUT2D eigenvalue weighted by molar-refractivity contribution is -0.132. The van der Waals surface area contributed by atoms with Gasteiger partial charge >= 0.3 is 0 Å². The minimum Gasteiger partial charge on any atom is -0.365 e. The summed E-state index contributed by atoms with van der Waals surface area (Å²) >= 11 is 0. The molecule has 9 aromatic rings. The number of amides is 1. The topological polar surface area (TPSA) is 165 Å². The number of carbonyl (C=O) groups is 1. The van der Waals surface area contributed by atoms with E-state index in [1.807, 2.05) is 92.3 Å². The minimum absolute atomic E-state index is 0.162. The SMILES string of the molecule is Cc1cc(-c2ccc(CNc3ncnc4cc(C5CCN(C(=O)CCc6cc(-c7ccc(CNc8ncnc9cc(-c%10cnn(C)c%10)ccc89)cn7)ccn6)CC5)ccc34)cn2)ccn1. The maximum atomic E-state index is 13.4. The first-order valence-corrected chi connectivity index (χ1v) is 21.9. The van der Waals surface area contributed by atoms with Crippen molar-refractivity contribution in [3.63, 3.8) is 0 Å². The molecule has 14 nitrogen and oxygen atoms in total. The molecule has 65 heavy (non-hydrogen) atoms. The van der Waals surface area contributed by atoms with E-state index in [0.717, 1.165) is 116 Å². The summed E-state index contributed by atoms with van der Waals surface area (Å²) in [5.74, 6) is 2.08. The molecular weight excluding hydrogens is 811 g/mol. The van der Waals surface area contributed by atoms with Gasteiger partial charge in [0, 0.05) is 109 Å². The van der Waals surface area contributed by atoms with Crippen molar-refractivity contribution in [2.24, 2.45) is 7.05 Å². The Morgan fingerprint density at radius 2 is 1.28 bits per heavy atom. The summed E-state index contributed by atoms with van der Waals surface area (Å²) in [6.45, 7) is 4.59. The zero-order valence-electron chi connectivity index (χ0n) is 36.3. The molecule has 1 fully saturated rings. The van der Waals surface area contributed by atoms with Crippen LogP contribution in [0.4, 0.5) is 11.6 Å². The van der Waals surface area contributed by atoms with E-state index in [-0.39, 0.29) is 5.91 Å². The Balaban J connectivity index is 0.697. The number of piperidine rings is 1. The molecule has 0 bridgehead atoms. The highest BCUT2D eigenvalue weighted by Crippen LogP contribution is 2.32. The number of benzene rings is 2. The van der Waals surface area contributed by atoms with Gasteiger partial charge in [-0.1, -0.05) is 24.3 Å². The van der Waals surface area contributed by atoms with Crippen LogP contribution in [-0.2, 0) is 31.4 Å².